The summed E-state index contributed by atoms with van der Waals surface area (Å²) in [4.78, 5) is 22.8. The van der Waals surface area contributed by atoms with Gasteiger partial charge in [-0.25, -0.2) is 10.9 Å². The molecule has 0 spiro atoms. The third kappa shape index (κ3) is 4.43. The van der Waals surface area contributed by atoms with Gasteiger partial charge in [-0.1, -0.05) is 12.1 Å². The quantitative estimate of drug-likeness (QED) is 0.337. The van der Waals surface area contributed by atoms with Crippen LogP contribution >= 0.6 is 0 Å². The topological polar surface area (TPSA) is 104 Å². The summed E-state index contributed by atoms with van der Waals surface area (Å²) < 4.78 is 5.04. The van der Waals surface area contributed by atoms with E-state index < -0.39 is 11.8 Å². The molecule has 0 aliphatic heterocycles. The summed E-state index contributed by atoms with van der Waals surface area (Å²) in [5, 5.41) is 12.2. The summed E-state index contributed by atoms with van der Waals surface area (Å²) in [7, 11) is 0. The van der Waals surface area contributed by atoms with E-state index >= 15 is 0 Å². The van der Waals surface area contributed by atoms with Gasteiger partial charge in [0.25, 0.3) is 11.8 Å². The van der Waals surface area contributed by atoms with Gasteiger partial charge in [-0.15, -0.1) is 0 Å². The third-order valence-corrected chi connectivity index (χ3v) is 2.59. The van der Waals surface area contributed by atoms with Gasteiger partial charge < -0.3 is 4.42 Å². The van der Waals surface area contributed by atoms with Gasteiger partial charge in [0.2, 0.25) is 0 Å². The maximum absolute atomic E-state index is 11.9. The highest BCUT2D eigenvalue weighted by Gasteiger charge is 2.04. The number of hydroxylamine groups is 1. The third-order valence-electron chi connectivity index (χ3n) is 2.59. The molecule has 7 heteroatoms. The maximum atomic E-state index is 11.9. The minimum absolute atomic E-state index is 0.378. The van der Waals surface area contributed by atoms with Crippen LogP contribution in [-0.4, -0.2) is 23.2 Å². The van der Waals surface area contributed by atoms with Crippen LogP contribution in [-0.2, 0) is 4.79 Å². The van der Waals surface area contributed by atoms with Gasteiger partial charge in [0.05, 0.1) is 12.5 Å². The normalized spacial score (nSPS) is 11.0. The molecule has 1 aromatic carbocycles. The fraction of sp³-hybridized carbons (Fsp3) is 0. The van der Waals surface area contributed by atoms with Crippen molar-refractivity contribution in [3.8, 4) is 0 Å². The fourth-order valence-corrected chi connectivity index (χ4v) is 1.58. The molecule has 3 N–H and O–H groups in total. The van der Waals surface area contributed by atoms with Gasteiger partial charge >= 0.3 is 0 Å². The molecule has 0 unspecified atom stereocenters. The molecule has 0 bridgehead atoms. The Labute approximate surface area is 125 Å². The highest BCUT2D eigenvalue weighted by Crippen LogP contribution is 2.07. The molecular weight excluding hydrogens is 286 g/mol. The Morgan fingerprint density at radius 2 is 2.09 bits per heavy atom. The summed E-state index contributed by atoms with van der Waals surface area (Å²) in [6, 6.07) is 9.99. The molecule has 2 rings (SSSR count). The van der Waals surface area contributed by atoms with Crippen LogP contribution < -0.4 is 10.9 Å². The highest BCUT2D eigenvalue weighted by molar-refractivity contribution is 5.96. The van der Waals surface area contributed by atoms with E-state index in [2.05, 4.69) is 10.5 Å². The van der Waals surface area contributed by atoms with Gasteiger partial charge in [0.1, 0.15) is 5.76 Å². The second-order valence-corrected chi connectivity index (χ2v) is 4.15. The molecule has 2 aromatic rings. The number of carbonyl (C=O) groups excluding carboxylic acids is 2. The monoisotopic (exact) mass is 299 g/mol. The Hall–Kier alpha value is -3.19. The number of nitrogens with zero attached hydrogens (tertiary/aromatic N) is 1. The number of furan rings is 1. The van der Waals surface area contributed by atoms with Gasteiger partial charge in [0, 0.05) is 11.6 Å². The minimum Gasteiger partial charge on any atom is -0.463 e. The smallest absolute Gasteiger partial charge is 0.271 e. The fourth-order valence-electron chi connectivity index (χ4n) is 1.58. The van der Waals surface area contributed by atoms with Gasteiger partial charge in [0.15, 0.2) is 0 Å². The molecule has 22 heavy (non-hydrogen) atoms. The summed E-state index contributed by atoms with van der Waals surface area (Å²) >= 11 is 0. The first-order chi connectivity index (χ1) is 10.7. The highest BCUT2D eigenvalue weighted by atomic mass is 16.5. The van der Waals surface area contributed by atoms with Crippen molar-refractivity contribution < 1.29 is 19.2 Å². The van der Waals surface area contributed by atoms with Crippen LogP contribution in [0, 0.1) is 0 Å². The van der Waals surface area contributed by atoms with E-state index in [0.717, 1.165) is 6.08 Å². The molecule has 0 atom stereocenters. The Bertz CT molecular complexity index is 705. The standard InChI is InChI=1S/C15H13N3O4/c19-14(18-21)7-6-11-3-1-4-12(9-11)15(20)17-16-10-13-5-2-8-22-13/h1-10,21H,(H,17,20)(H,18,19). The molecule has 1 heterocycles. The molecule has 2 amide bonds. The first-order valence-corrected chi connectivity index (χ1v) is 6.28. The van der Waals surface area contributed by atoms with Crippen LogP contribution in [0.15, 0.2) is 58.3 Å². The van der Waals surface area contributed by atoms with Crippen LogP contribution in [0.3, 0.4) is 0 Å². The molecule has 0 fully saturated rings. The van der Waals surface area contributed by atoms with Crippen molar-refractivity contribution in [1.29, 1.82) is 0 Å². The minimum atomic E-state index is -0.655. The Kier molecular flexibility index (Phi) is 5.22. The van der Waals surface area contributed by atoms with Crippen molar-refractivity contribution in [1.82, 2.24) is 10.9 Å². The molecule has 0 saturated carbocycles. The molecule has 0 saturated heterocycles. The first-order valence-electron chi connectivity index (χ1n) is 6.28. The molecule has 0 aliphatic rings. The molecule has 112 valence electrons. The number of hydrogen-bond acceptors (Lipinski definition) is 5. The molecule has 7 nitrogen and oxygen atoms in total. The first kappa shape index (κ1) is 15.2. The SMILES string of the molecule is O=C(C=Cc1cccc(C(=O)NN=Cc2ccco2)c1)NO. The maximum Gasteiger partial charge on any atom is 0.271 e. The van der Waals surface area contributed by atoms with E-state index in [1.165, 1.54) is 24.0 Å². The lowest BCUT2D eigenvalue weighted by atomic mass is 10.1. The number of nitrogens with one attached hydrogen (secondary N) is 2. The number of hydrazone groups is 1. The second-order valence-electron chi connectivity index (χ2n) is 4.15. The van der Waals surface area contributed by atoms with Crippen molar-refractivity contribution in [2.75, 3.05) is 0 Å². The van der Waals surface area contributed by atoms with Crippen LogP contribution in [0.4, 0.5) is 0 Å². The van der Waals surface area contributed by atoms with E-state index in [-0.39, 0.29) is 0 Å². The predicted octanol–water partition coefficient (Wildman–Crippen LogP) is 1.56. The molecule has 0 aliphatic carbocycles. The van der Waals surface area contributed by atoms with Crippen LogP contribution in [0.2, 0.25) is 0 Å². The van der Waals surface area contributed by atoms with Crippen molar-refractivity contribution >= 4 is 24.1 Å². The Balaban J connectivity index is 2.00. The van der Waals surface area contributed by atoms with Crippen LogP contribution in [0.5, 0.6) is 0 Å². The van der Waals surface area contributed by atoms with Crippen molar-refractivity contribution in [2.24, 2.45) is 5.10 Å². The van der Waals surface area contributed by atoms with E-state index in [1.54, 1.807) is 36.4 Å². The Morgan fingerprint density at radius 1 is 1.23 bits per heavy atom. The lowest BCUT2D eigenvalue weighted by molar-refractivity contribution is -0.124. The van der Waals surface area contributed by atoms with E-state index in [0.29, 0.717) is 16.9 Å². The summed E-state index contributed by atoms with van der Waals surface area (Å²) in [5.41, 5.74) is 4.86. The van der Waals surface area contributed by atoms with E-state index in [4.69, 9.17) is 9.62 Å². The van der Waals surface area contributed by atoms with Gasteiger partial charge in [-0.3, -0.25) is 14.8 Å². The van der Waals surface area contributed by atoms with E-state index in [1.807, 2.05) is 0 Å². The summed E-state index contributed by atoms with van der Waals surface area (Å²) in [6.07, 6.45) is 5.50. The number of benzene rings is 1. The van der Waals surface area contributed by atoms with Crippen LogP contribution in [0.1, 0.15) is 21.7 Å². The summed E-state index contributed by atoms with van der Waals surface area (Å²) in [5.74, 6) is -0.533. The van der Waals surface area contributed by atoms with E-state index in [9.17, 15) is 9.59 Å². The van der Waals surface area contributed by atoms with Crippen molar-refractivity contribution in [2.45, 2.75) is 0 Å². The molecule has 1 aromatic heterocycles. The zero-order chi connectivity index (χ0) is 15.8. The number of carbonyl (C=O) groups is 2. The van der Waals surface area contributed by atoms with Crippen molar-refractivity contribution in [3.63, 3.8) is 0 Å². The van der Waals surface area contributed by atoms with Crippen molar-refractivity contribution in [3.05, 3.63) is 65.6 Å². The lowest BCUT2D eigenvalue weighted by Crippen LogP contribution is -2.17. The van der Waals surface area contributed by atoms with Gasteiger partial charge in [-0.05, 0) is 35.9 Å². The number of amides is 2. The lowest BCUT2D eigenvalue weighted by Gasteiger charge is -2.01. The van der Waals surface area contributed by atoms with Crippen LogP contribution in [0.25, 0.3) is 6.08 Å². The average Bonchev–Trinajstić information content (AvgIpc) is 3.06. The number of rotatable bonds is 5. The zero-order valence-electron chi connectivity index (χ0n) is 11.4. The Morgan fingerprint density at radius 3 is 2.82 bits per heavy atom. The second kappa shape index (κ2) is 7.55. The summed E-state index contributed by atoms with van der Waals surface area (Å²) in [6.45, 7) is 0. The molecular formula is C15H13N3O4. The average molecular weight is 299 g/mol. The largest absolute Gasteiger partial charge is 0.463 e. The predicted molar refractivity (Wildman–Crippen MR) is 79.2 cm³/mol. The number of hydrogen-bond donors (Lipinski definition) is 3. The molecule has 0 radical (unpaired) electrons. The van der Waals surface area contributed by atoms with Gasteiger partial charge in [-0.2, -0.15) is 5.10 Å². The zero-order valence-corrected chi connectivity index (χ0v) is 11.4.